The number of hydrogen-bond donors (Lipinski definition) is 2. The van der Waals surface area contributed by atoms with Crippen molar-refractivity contribution < 1.29 is 4.79 Å². The Morgan fingerprint density at radius 3 is 2.58 bits per heavy atom. The van der Waals surface area contributed by atoms with Gasteiger partial charge in [-0.2, -0.15) is 0 Å². The first-order valence-electron chi connectivity index (χ1n) is 7.78. The summed E-state index contributed by atoms with van der Waals surface area (Å²) in [4.78, 5) is 28.7. The third kappa shape index (κ3) is 1.93. The highest BCUT2D eigenvalue weighted by Gasteiger charge is 2.34. The van der Waals surface area contributed by atoms with E-state index in [9.17, 15) is 9.59 Å². The van der Waals surface area contributed by atoms with Crippen LogP contribution >= 0.6 is 0 Å². The number of fused-ring (bicyclic) bond motifs is 3. The van der Waals surface area contributed by atoms with Gasteiger partial charge in [0.15, 0.2) is 11.2 Å². The summed E-state index contributed by atoms with van der Waals surface area (Å²) in [5.41, 5.74) is 2.50. The summed E-state index contributed by atoms with van der Waals surface area (Å²) in [6, 6.07) is 7.22. The number of hydrogen-bond acceptors (Lipinski definition) is 3. The van der Waals surface area contributed by atoms with Crippen molar-refractivity contribution in [1.82, 2.24) is 4.98 Å². The van der Waals surface area contributed by atoms with Gasteiger partial charge >= 0.3 is 0 Å². The molecule has 1 aromatic heterocycles. The molecule has 0 amide bonds. The Hall–Kier alpha value is -3.14. The number of pyridine rings is 1. The van der Waals surface area contributed by atoms with Crippen LogP contribution in [0.25, 0.3) is 24.3 Å². The molecular weight excluding hydrogens is 300 g/mol. The zero-order valence-electron chi connectivity index (χ0n) is 13.0. The molecule has 0 fully saturated rings. The van der Waals surface area contributed by atoms with E-state index in [1.807, 2.05) is 36.4 Å². The monoisotopic (exact) mass is 316 g/mol. The molecule has 118 valence electrons. The van der Waals surface area contributed by atoms with Crippen LogP contribution in [0.2, 0.25) is 0 Å². The number of ketones is 1. The first-order chi connectivity index (χ1) is 11.6. The van der Waals surface area contributed by atoms with Crippen LogP contribution in [0.3, 0.4) is 0 Å². The number of H-pyrrole nitrogens is 1. The number of carbonyl (C=O) groups excluding carboxylic acids is 1. The number of carbonyl (C=O) groups is 1. The minimum absolute atomic E-state index is 0.0602. The van der Waals surface area contributed by atoms with Crippen molar-refractivity contribution in [3.8, 4) is 0 Å². The third-order valence-electron chi connectivity index (χ3n) is 4.64. The zero-order chi connectivity index (χ0) is 16.8. The SMILES string of the molecule is C=Cc1[nH]c2c(c(=O)c1C=C)=CC1Nc3ccccc3C(=O)C1C=2. The van der Waals surface area contributed by atoms with Gasteiger partial charge in [0.05, 0.1) is 12.0 Å². The van der Waals surface area contributed by atoms with Crippen LogP contribution in [0.15, 0.2) is 42.2 Å². The fourth-order valence-electron chi connectivity index (χ4n) is 3.45. The molecule has 1 aliphatic carbocycles. The predicted octanol–water partition coefficient (Wildman–Crippen LogP) is 1.53. The van der Waals surface area contributed by atoms with Gasteiger partial charge in [0.2, 0.25) is 0 Å². The van der Waals surface area contributed by atoms with Gasteiger partial charge < -0.3 is 10.3 Å². The van der Waals surface area contributed by atoms with E-state index in [2.05, 4.69) is 23.5 Å². The van der Waals surface area contributed by atoms with E-state index in [0.717, 1.165) is 5.69 Å². The Labute approximate surface area is 138 Å². The summed E-state index contributed by atoms with van der Waals surface area (Å²) < 4.78 is 0. The lowest BCUT2D eigenvalue weighted by atomic mass is 9.83. The van der Waals surface area contributed by atoms with Crippen LogP contribution in [0.1, 0.15) is 21.6 Å². The second kappa shape index (κ2) is 5.20. The lowest BCUT2D eigenvalue weighted by Gasteiger charge is -2.31. The average molecular weight is 316 g/mol. The number of aromatic amines is 1. The third-order valence-corrected chi connectivity index (χ3v) is 4.64. The fraction of sp³-hybridized carbons (Fsp3) is 0.100. The molecule has 2 aliphatic rings. The lowest BCUT2D eigenvalue weighted by Crippen LogP contribution is -2.51. The molecule has 0 bridgehead atoms. The van der Waals surface area contributed by atoms with Crippen molar-refractivity contribution in [2.75, 3.05) is 5.32 Å². The van der Waals surface area contributed by atoms with Gasteiger partial charge in [-0.3, -0.25) is 9.59 Å². The minimum atomic E-state index is -0.338. The molecule has 24 heavy (non-hydrogen) atoms. The number of nitrogens with one attached hydrogen (secondary N) is 2. The predicted molar refractivity (Wildman–Crippen MR) is 97.1 cm³/mol. The molecule has 1 aromatic carbocycles. The molecule has 2 heterocycles. The number of rotatable bonds is 2. The highest BCUT2D eigenvalue weighted by Crippen LogP contribution is 2.30. The number of anilines is 1. The van der Waals surface area contributed by atoms with E-state index in [4.69, 9.17) is 0 Å². The quantitative estimate of drug-likeness (QED) is 0.883. The summed E-state index contributed by atoms with van der Waals surface area (Å²) in [5.74, 6) is -0.277. The molecular formula is C20H16N2O2. The number of para-hydroxylation sites is 1. The van der Waals surface area contributed by atoms with E-state index >= 15 is 0 Å². The number of benzene rings is 1. The summed E-state index contributed by atoms with van der Waals surface area (Å²) in [7, 11) is 0. The zero-order valence-corrected chi connectivity index (χ0v) is 13.0. The van der Waals surface area contributed by atoms with Crippen LogP contribution in [0.4, 0.5) is 5.69 Å². The highest BCUT2D eigenvalue weighted by molar-refractivity contribution is 6.08. The van der Waals surface area contributed by atoms with E-state index in [0.29, 0.717) is 27.4 Å². The van der Waals surface area contributed by atoms with Crippen molar-refractivity contribution in [1.29, 1.82) is 0 Å². The van der Waals surface area contributed by atoms with Crippen molar-refractivity contribution in [2.45, 2.75) is 6.04 Å². The van der Waals surface area contributed by atoms with Crippen LogP contribution < -0.4 is 21.3 Å². The second-order valence-corrected chi connectivity index (χ2v) is 5.96. The Morgan fingerprint density at radius 1 is 1.04 bits per heavy atom. The number of Topliss-reactive ketones (excluding diaryl/α,β-unsaturated/α-hetero) is 1. The molecule has 4 heteroatoms. The largest absolute Gasteiger partial charge is 0.377 e. The van der Waals surface area contributed by atoms with Gasteiger partial charge in [-0.25, -0.2) is 0 Å². The highest BCUT2D eigenvalue weighted by atomic mass is 16.1. The van der Waals surface area contributed by atoms with Crippen LogP contribution in [0, 0.1) is 5.92 Å². The second-order valence-electron chi connectivity index (χ2n) is 5.96. The van der Waals surface area contributed by atoms with Crippen LogP contribution in [-0.2, 0) is 0 Å². The first-order valence-corrected chi connectivity index (χ1v) is 7.78. The van der Waals surface area contributed by atoms with Gasteiger partial charge in [-0.05, 0) is 30.4 Å². The van der Waals surface area contributed by atoms with Gasteiger partial charge in [-0.1, -0.05) is 31.4 Å². The smallest absolute Gasteiger partial charge is 0.196 e. The summed E-state index contributed by atoms with van der Waals surface area (Å²) >= 11 is 0. The molecule has 2 unspecified atom stereocenters. The van der Waals surface area contributed by atoms with Crippen molar-refractivity contribution >= 4 is 35.8 Å². The number of aromatic nitrogens is 1. The average Bonchev–Trinajstić information content (AvgIpc) is 2.61. The maximum absolute atomic E-state index is 12.8. The Kier molecular flexibility index (Phi) is 3.13. The van der Waals surface area contributed by atoms with Crippen molar-refractivity contribution in [3.05, 3.63) is 75.0 Å². The van der Waals surface area contributed by atoms with Gasteiger partial charge in [0.25, 0.3) is 0 Å². The summed E-state index contributed by atoms with van der Waals surface area (Å²) in [6.07, 6.45) is 6.80. The fourth-order valence-corrected chi connectivity index (χ4v) is 3.45. The molecule has 1 aliphatic heterocycles. The molecule has 0 radical (unpaired) electrons. The standard InChI is InChI=1S/C20H16N2O2/c1-3-11-15(4-2)21-17-10-14-18(9-13(17)19(11)23)22-16-8-6-5-7-12(16)20(14)24/h3-10,14,18,21-22H,1-2H2. The van der Waals surface area contributed by atoms with Crippen LogP contribution in [0.5, 0.6) is 0 Å². The molecule has 2 N–H and O–H groups in total. The summed E-state index contributed by atoms with van der Waals surface area (Å²) in [5, 5.41) is 4.59. The topological polar surface area (TPSA) is 62.0 Å². The lowest BCUT2D eigenvalue weighted by molar-refractivity contribution is 0.0945. The van der Waals surface area contributed by atoms with Crippen molar-refractivity contribution in [2.24, 2.45) is 5.92 Å². The van der Waals surface area contributed by atoms with E-state index in [1.165, 1.54) is 6.08 Å². The maximum atomic E-state index is 12.8. The molecule has 4 nitrogen and oxygen atoms in total. The Bertz CT molecular complexity index is 1080. The molecule has 2 atom stereocenters. The van der Waals surface area contributed by atoms with Crippen molar-refractivity contribution in [3.63, 3.8) is 0 Å². The normalized spacial score (nSPS) is 20.4. The van der Waals surface area contributed by atoms with Gasteiger partial charge in [0.1, 0.15) is 0 Å². The summed E-state index contributed by atoms with van der Waals surface area (Å²) in [6.45, 7) is 7.45. The van der Waals surface area contributed by atoms with E-state index in [1.54, 1.807) is 6.08 Å². The van der Waals surface area contributed by atoms with Gasteiger partial charge in [0, 0.05) is 33.1 Å². The molecule has 0 saturated carbocycles. The maximum Gasteiger partial charge on any atom is 0.196 e. The van der Waals surface area contributed by atoms with Crippen LogP contribution in [-0.4, -0.2) is 16.8 Å². The van der Waals surface area contributed by atoms with Gasteiger partial charge in [-0.15, -0.1) is 0 Å². The molecule has 0 spiro atoms. The molecule has 0 saturated heterocycles. The molecule has 2 aromatic rings. The minimum Gasteiger partial charge on any atom is -0.377 e. The first kappa shape index (κ1) is 14.5. The van der Waals surface area contributed by atoms with E-state index in [-0.39, 0.29) is 23.2 Å². The Balaban J connectivity index is 1.98. The van der Waals surface area contributed by atoms with E-state index < -0.39 is 0 Å². The Morgan fingerprint density at radius 2 is 1.83 bits per heavy atom. The molecule has 4 rings (SSSR count).